The highest BCUT2D eigenvalue weighted by Crippen LogP contribution is 2.36. The van der Waals surface area contributed by atoms with Gasteiger partial charge in [-0.15, -0.1) is 0 Å². The molecule has 1 aliphatic heterocycles. The summed E-state index contributed by atoms with van der Waals surface area (Å²) in [6.45, 7) is 6.32. The Balaban J connectivity index is 1.88. The van der Waals surface area contributed by atoms with E-state index in [0.717, 1.165) is 32.5 Å². The summed E-state index contributed by atoms with van der Waals surface area (Å²) in [7, 11) is 0. The standard InChI is InChI=1S/C14H26N2O2/c1-3-15-13-6-11(7-14(18)12-4-5-12)8-16(9-13)10(2)17/h11-15,18H,3-9H2,1-2H3. The molecule has 0 spiro atoms. The number of carbonyl (C=O) groups excluding carboxylic acids is 1. The number of aliphatic hydroxyl groups excluding tert-OH is 1. The lowest BCUT2D eigenvalue weighted by atomic mass is 9.88. The Kier molecular flexibility index (Phi) is 4.62. The first kappa shape index (κ1) is 13.8. The largest absolute Gasteiger partial charge is 0.393 e. The van der Waals surface area contributed by atoms with Crippen molar-refractivity contribution < 1.29 is 9.90 Å². The van der Waals surface area contributed by atoms with Crippen LogP contribution in [0.15, 0.2) is 0 Å². The number of aliphatic hydroxyl groups is 1. The van der Waals surface area contributed by atoms with Crippen molar-refractivity contribution in [2.45, 2.75) is 51.7 Å². The molecule has 104 valence electrons. The molecule has 1 heterocycles. The van der Waals surface area contributed by atoms with E-state index in [1.54, 1.807) is 6.92 Å². The molecule has 2 fully saturated rings. The van der Waals surface area contributed by atoms with Gasteiger partial charge >= 0.3 is 0 Å². The Labute approximate surface area is 110 Å². The number of likely N-dealkylation sites (tertiary alicyclic amines) is 1. The summed E-state index contributed by atoms with van der Waals surface area (Å²) in [6, 6.07) is 0.393. The van der Waals surface area contributed by atoms with E-state index in [-0.39, 0.29) is 12.0 Å². The number of rotatable bonds is 5. The highest BCUT2D eigenvalue weighted by molar-refractivity contribution is 5.73. The molecular weight excluding hydrogens is 228 g/mol. The summed E-state index contributed by atoms with van der Waals surface area (Å²) in [4.78, 5) is 13.5. The molecule has 18 heavy (non-hydrogen) atoms. The van der Waals surface area contributed by atoms with Gasteiger partial charge in [0.15, 0.2) is 0 Å². The Morgan fingerprint density at radius 1 is 1.44 bits per heavy atom. The lowest BCUT2D eigenvalue weighted by Gasteiger charge is -2.38. The van der Waals surface area contributed by atoms with Crippen LogP contribution in [0, 0.1) is 11.8 Å². The zero-order chi connectivity index (χ0) is 13.1. The monoisotopic (exact) mass is 254 g/mol. The van der Waals surface area contributed by atoms with E-state index in [1.807, 2.05) is 4.90 Å². The first-order valence-corrected chi connectivity index (χ1v) is 7.27. The molecule has 1 aliphatic carbocycles. The Morgan fingerprint density at radius 3 is 2.72 bits per heavy atom. The van der Waals surface area contributed by atoms with Crippen molar-refractivity contribution in [1.82, 2.24) is 10.2 Å². The van der Waals surface area contributed by atoms with Crippen LogP contribution in [-0.2, 0) is 4.79 Å². The van der Waals surface area contributed by atoms with Crippen LogP contribution in [0.1, 0.15) is 39.5 Å². The lowest BCUT2D eigenvalue weighted by Crippen LogP contribution is -2.51. The number of carbonyl (C=O) groups is 1. The van der Waals surface area contributed by atoms with E-state index >= 15 is 0 Å². The lowest BCUT2D eigenvalue weighted by molar-refractivity contribution is -0.131. The van der Waals surface area contributed by atoms with Crippen molar-refractivity contribution in [3.05, 3.63) is 0 Å². The maximum Gasteiger partial charge on any atom is 0.219 e. The summed E-state index contributed by atoms with van der Waals surface area (Å²) in [5.74, 6) is 1.14. The second-order valence-electron chi connectivity index (χ2n) is 5.92. The fourth-order valence-electron chi connectivity index (χ4n) is 3.08. The van der Waals surface area contributed by atoms with Crippen LogP contribution in [0.3, 0.4) is 0 Å². The SMILES string of the molecule is CCNC1CC(CC(O)C2CC2)CN(C(C)=O)C1. The molecule has 2 rings (SSSR count). The van der Waals surface area contributed by atoms with Crippen LogP contribution in [0.25, 0.3) is 0 Å². The molecule has 2 aliphatic rings. The van der Waals surface area contributed by atoms with E-state index in [9.17, 15) is 9.90 Å². The van der Waals surface area contributed by atoms with Gasteiger partial charge in [0.2, 0.25) is 5.91 Å². The normalized spacial score (nSPS) is 30.3. The predicted molar refractivity (Wildman–Crippen MR) is 71.2 cm³/mol. The van der Waals surface area contributed by atoms with E-state index in [2.05, 4.69) is 12.2 Å². The highest BCUT2D eigenvalue weighted by atomic mass is 16.3. The van der Waals surface area contributed by atoms with Crippen LogP contribution in [0.2, 0.25) is 0 Å². The zero-order valence-corrected chi connectivity index (χ0v) is 11.6. The van der Waals surface area contributed by atoms with Crippen LogP contribution in [-0.4, -0.2) is 47.7 Å². The summed E-state index contributed by atoms with van der Waals surface area (Å²) >= 11 is 0. The fourth-order valence-corrected chi connectivity index (χ4v) is 3.08. The number of piperidine rings is 1. The van der Waals surface area contributed by atoms with Crippen LogP contribution in [0.5, 0.6) is 0 Å². The highest BCUT2D eigenvalue weighted by Gasteiger charge is 2.34. The van der Waals surface area contributed by atoms with Crippen molar-refractivity contribution >= 4 is 5.91 Å². The average molecular weight is 254 g/mol. The smallest absolute Gasteiger partial charge is 0.219 e. The van der Waals surface area contributed by atoms with Crippen molar-refractivity contribution in [3.8, 4) is 0 Å². The van der Waals surface area contributed by atoms with E-state index < -0.39 is 0 Å². The third kappa shape index (κ3) is 3.69. The number of likely N-dealkylation sites (N-methyl/N-ethyl adjacent to an activating group) is 1. The number of nitrogens with zero attached hydrogens (tertiary/aromatic N) is 1. The molecule has 1 saturated heterocycles. The van der Waals surface area contributed by atoms with Gasteiger partial charge in [-0.05, 0) is 44.1 Å². The minimum Gasteiger partial charge on any atom is -0.393 e. The van der Waals surface area contributed by atoms with Crippen molar-refractivity contribution in [2.24, 2.45) is 11.8 Å². The minimum absolute atomic E-state index is 0.149. The van der Waals surface area contributed by atoms with Gasteiger partial charge in [-0.2, -0.15) is 0 Å². The van der Waals surface area contributed by atoms with Crippen LogP contribution < -0.4 is 5.32 Å². The molecule has 0 aromatic heterocycles. The molecule has 3 atom stereocenters. The van der Waals surface area contributed by atoms with Gasteiger partial charge in [0.25, 0.3) is 0 Å². The zero-order valence-electron chi connectivity index (χ0n) is 11.6. The fraction of sp³-hybridized carbons (Fsp3) is 0.929. The number of nitrogens with one attached hydrogen (secondary N) is 1. The summed E-state index contributed by atoms with van der Waals surface area (Å²) in [5.41, 5.74) is 0. The third-order valence-corrected chi connectivity index (χ3v) is 4.22. The number of amides is 1. The van der Waals surface area contributed by atoms with E-state index in [0.29, 0.717) is 17.9 Å². The van der Waals surface area contributed by atoms with E-state index in [4.69, 9.17) is 0 Å². The summed E-state index contributed by atoms with van der Waals surface area (Å²) in [6.07, 6.45) is 4.16. The van der Waals surface area contributed by atoms with Gasteiger partial charge in [-0.3, -0.25) is 4.79 Å². The Hall–Kier alpha value is -0.610. The van der Waals surface area contributed by atoms with Gasteiger partial charge in [0.1, 0.15) is 0 Å². The Morgan fingerprint density at radius 2 is 2.17 bits per heavy atom. The van der Waals surface area contributed by atoms with Gasteiger partial charge in [0, 0.05) is 26.1 Å². The second-order valence-corrected chi connectivity index (χ2v) is 5.92. The maximum atomic E-state index is 11.6. The topological polar surface area (TPSA) is 52.6 Å². The predicted octanol–water partition coefficient (Wildman–Crippen LogP) is 0.994. The second kappa shape index (κ2) is 6.02. The molecule has 0 aromatic rings. The molecule has 2 N–H and O–H groups in total. The first-order chi connectivity index (χ1) is 8.60. The van der Waals surface area contributed by atoms with Gasteiger partial charge in [-0.25, -0.2) is 0 Å². The van der Waals surface area contributed by atoms with E-state index in [1.165, 1.54) is 12.8 Å². The van der Waals surface area contributed by atoms with Gasteiger partial charge in [0.05, 0.1) is 6.10 Å². The molecule has 0 aromatic carbocycles. The van der Waals surface area contributed by atoms with Crippen molar-refractivity contribution in [1.29, 1.82) is 0 Å². The quantitative estimate of drug-likeness (QED) is 0.769. The molecular formula is C14H26N2O2. The molecule has 4 heteroatoms. The summed E-state index contributed by atoms with van der Waals surface area (Å²) in [5, 5.41) is 13.5. The molecule has 4 nitrogen and oxygen atoms in total. The molecule has 1 saturated carbocycles. The molecule has 0 radical (unpaired) electrons. The van der Waals surface area contributed by atoms with Crippen LogP contribution in [0.4, 0.5) is 0 Å². The van der Waals surface area contributed by atoms with Crippen molar-refractivity contribution in [2.75, 3.05) is 19.6 Å². The maximum absolute atomic E-state index is 11.6. The molecule has 3 unspecified atom stereocenters. The van der Waals surface area contributed by atoms with Gasteiger partial charge < -0.3 is 15.3 Å². The minimum atomic E-state index is -0.149. The molecule has 0 bridgehead atoms. The molecule has 1 amide bonds. The average Bonchev–Trinajstić information content (AvgIpc) is 3.12. The summed E-state index contributed by atoms with van der Waals surface area (Å²) < 4.78 is 0. The third-order valence-electron chi connectivity index (χ3n) is 4.22. The van der Waals surface area contributed by atoms with Crippen molar-refractivity contribution in [3.63, 3.8) is 0 Å². The van der Waals surface area contributed by atoms with Gasteiger partial charge in [-0.1, -0.05) is 6.92 Å². The number of hydrogen-bond acceptors (Lipinski definition) is 3. The van der Waals surface area contributed by atoms with Crippen LogP contribution >= 0.6 is 0 Å². The first-order valence-electron chi connectivity index (χ1n) is 7.27. The Bertz CT molecular complexity index is 292. The number of hydrogen-bond donors (Lipinski definition) is 2.